The molecule has 33 heavy (non-hydrogen) atoms. The van der Waals surface area contributed by atoms with Crippen LogP contribution in [-0.2, 0) is 28.4 Å². The van der Waals surface area contributed by atoms with Crippen LogP contribution in [0.25, 0.3) is 0 Å². The maximum absolute atomic E-state index is 6.70. The standard InChI is InChI=1S/C27H46O6/c1-2-3-4-5-6-7-14-19-28-20-21-22-23(31-26(30-22)15-10-8-11-16-26)24-25(29-21)33-27(32-24)17-12-9-13-18-27/h21-25H,2-20H2,1H3/t21-,22-,23+,24+,25+/m0/s1. The van der Waals surface area contributed by atoms with Gasteiger partial charge in [-0.2, -0.15) is 0 Å². The molecule has 5 aliphatic rings. The summed E-state index contributed by atoms with van der Waals surface area (Å²) in [5.41, 5.74) is 0. The zero-order valence-corrected chi connectivity index (χ0v) is 20.8. The van der Waals surface area contributed by atoms with Crippen molar-refractivity contribution in [2.45, 2.75) is 158 Å². The fourth-order valence-electron chi connectivity index (χ4n) is 6.53. The van der Waals surface area contributed by atoms with Gasteiger partial charge in [-0.3, -0.25) is 0 Å². The first-order chi connectivity index (χ1) is 16.2. The average molecular weight is 467 g/mol. The molecule has 0 aromatic heterocycles. The lowest BCUT2D eigenvalue weighted by molar-refractivity contribution is -0.256. The Bertz CT molecular complexity index is 599. The van der Waals surface area contributed by atoms with Gasteiger partial charge in [-0.1, -0.05) is 58.3 Å². The summed E-state index contributed by atoms with van der Waals surface area (Å²) in [5.74, 6) is -0.953. The Labute approximate surface area is 200 Å². The minimum atomic E-state index is -0.489. The molecule has 3 saturated heterocycles. The second kappa shape index (κ2) is 11.2. The zero-order valence-electron chi connectivity index (χ0n) is 20.8. The average Bonchev–Trinajstić information content (AvgIpc) is 3.37. The molecule has 0 bridgehead atoms. The monoisotopic (exact) mass is 466 g/mol. The molecule has 0 aromatic carbocycles. The second-order valence-corrected chi connectivity index (χ2v) is 11.0. The molecule has 0 aromatic rings. The van der Waals surface area contributed by atoms with Crippen LogP contribution in [0.1, 0.15) is 116 Å². The topological polar surface area (TPSA) is 55.4 Å². The lowest BCUT2D eigenvalue weighted by Gasteiger charge is -2.37. The molecule has 0 N–H and O–H groups in total. The van der Waals surface area contributed by atoms with E-state index in [2.05, 4.69) is 6.92 Å². The number of rotatable bonds is 10. The normalized spacial score (nSPS) is 36.8. The Hall–Kier alpha value is -0.240. The number of unbranched alkanes of at least 4 members (excludes halogenated alkanes) is 6. The maximum Gasteiger partial charge on any atom is 0.190 e. The van der Waals surface area contributed by atoms with Crippen LogP contribution in [0, 0.1) is 0 Å². The summed E-state index contributed by atoms with van der Waals surface area (Å²) in [5, 5.41) is 0. The lowest BCUT2D eigenvalue weighted by atomic mass is 9.94. The molecule has 2 aliphatic carbocycles. The number of fused-ring (bicyclic) bond motifs is 3. The second-order valence-electron chi connectivity index (χ2n) is 11.0. The molecule has 3 heterocycles. The van der Waals surface area contributed by atoms with Gasteiger partial charge in [0.25, 0.3) is 0 Å². The summed E-state index contributed by atoms with van der Waals surface area (Å²) < 4.78 is 39.0. The molecule has 2 spiro atoms. The van der Waals surface area contributed by atoms with Crippen molar-refractivity contribution in [1.82, 2.24) is 0 Å². The predicted octanol–water partition coefficient (Wildman–Crippen LogP) is 6.00. The van der Waals surface area contributed by atoms with E-state index in [9.17, 15) is 0 Å². The lowest BCUT2D eigenvalue weighted by Crippen LogP contribution is -2.56. The van der Waals surface area contributed by atoms with Crippen molar-refractivity contribution < 1.29 is 28.4 Å². The highest BCUT2D eigenvalue weighted by Crippen LogP contribution is 2.50. The Morgan fingerprint density at radius 1 is 0.636 bits per heavy atom. The maximum atomic E-state index is 6.70. The minimum Gasteiger partial charge on any atom is -0.379 e. The van der Waals surface area contributed by atoms with Gasteiger partial charge >= 0.3 is 0 Å². The summed E-state index contributed by atoms with van der Waals surface area (Å²) in [4.78, 5) is 0. The quantitative estimate of drug-likeness (QED) is 0.368. The molecule has 0 unspecified atom stereocenters. The van der Waals surface area contributed by atoms with Gasteiger partial charge in [0.1, 0.15) is 24.4 Å². The van der Waals surface area contributed by atoms with E-state index in [-0.39, 0.29) is 30.7 Å². The number of ether oxygens (including phenoxy) is 6. The van der Waals surface area contributed by atoms with E-state index in [0.717, 1.165) is 64.4 Å². The largest absolute Gasteiger partial charge is 0.379 e. The van der Waals surface area contributed by atoms with E-state index >= 15 is 0 Å². The zero-order chi connectivity index (χ0) is 22.6. The first kappa shape index (κ1) is 24.5. The summed E-state index contributed by atoms with van der Waals surface area (Å²) in [6.45, 7) is 3.59. The van der Waals surface area contributed by atoms with E-state index in [1.807, 2.05) is 0 Å². The third-order valence-electron chi connectivity index (χ3n) is 8.38. The van der Waals surface area contributed by atoms with Crippen molar-refractivity contribution in [3.8, 4) is 0 Å². The summed E-state index contributed by atoms with van der Waals surface area (Å²) in [7, 11) is 0. The molecular formula is C27H46O6. The summed E-state index contributed by atoms with van der Waals surface area (Å²) in [6.07, 6.45) is 19.0. The molecule has 0 radical (unpaired) electrons. The molecule has 6 heteroatoms. The van der Waals surface area contributed by atoms with E-state index in [1.54, 1.807) is 0 Å². The van der Waals surface area contributed by atoms with Gasteiger partial charge < -0.3 is 28.4 Å². The van der Waals surface area contributed by atoms with Crippen molar-refractivity contribution in [2.24, 2.45) is 0 Å². The van der Waals surface area contributed by atoms with E-state index in [4.69, 9.17) is 28.4 Å². The first-order valence-electron chi connectivity index (χ1n) is 14.2. The van der Waals surface area contributed by atoms with E-state index in [0.29, 0.717) is 6.61 Å². The van der Waals surface area contributed by atoms with Crippen LogP contribution < -0.4 is 0 Å². The van der Waals surface area contributed by atoms with Crippen molar-refractivity contribution in [3.63, 3.8) is 0 Å². The fourth-order valence-corrected chi connectivity index (χ4v) is 6.53. The van der Waals surface area contributed by atoms with E-state index < -0.39 is 11.6 Å². The molecular weight excluding hydrogens is 420 g/mol. The predicted molar refractivity (Wildman–Crippen MR) is 125 cm³/mol. The molecule has 5 rings (SSSR count). The van der Waals surface area contributed by atoms with Crippen LogP contribution in [0.15, 0.2) is 0 Å². The number of hydrogen-bond donors (Lipinski definition) is 0. The third kappa shape index (κ3) is 5.62. The van der Waals surface area contributed by atoms with Gasteiger partial charge in [0.05, 0.1) is 6.61 Å². The van der Waals surface area contributed by atoms with Crippen molar-refractivity contribution in [2.75, 3.05) is 13.2 Å². The van der Waals surface area contributed by atoms with Crippen molar-refractivity contribution >= 4 is 0 Å². The molecule has 0 amide bonds. The Morgan fingerprint density at radius 2 is 1.21 bits per heavy atom. The molecule has 190 valence electrons. The third-order valence-corrected chi connectivity index (χ3v) is 8.38. The van der Waals surface area contributed by atoms with Crippen molar-refractivity contribution in [3.05, 3.63) is 0 Å². The van der Waals surface area contributed by atoms with Crippen LogP contribution in [-0.4, -0.2) is 55.5 Å². The Balaban J connectivity index is 1.17. The van der Waals surface area contributed by atoms with Gasteiger partial charge in [-0.25, -0.2) is 0 Å². The molecule has 5 atom stereocenters. The fraction of sp³-hybridized carbons (Fsp3) is 1.00. The van der Waals surface area contributed by atoms with Gasteiger partial charge in [-0.15, -0.1) is 0 Å². The molecule has 3 aliphatic heterocycles. The summed E-state index contributed by atoms with van der Waals surface area (Å²) in [6, 6.07) is 0. The molecule has 2 saturated carbocycles. The highest BCUT2D eigenvalue weighted by molar-refractivity contribution is 5.03. The van der Waals surface area contributed by atoms with Gasteiger partial charge in [0, 0.05) is 32.3 Å². The van der Waals surface area contributed by atoms with Crippen LogP contribution >= 0.6 is 0 Å². The van der Waals surface area contributed by atoms with E-state index in [1.165, 1.54) is 51.4 Å². The van der Waals surface area contributed by atoms with Gasteiger partial charge in [-0.05, 0) is 32.1 Å². The first-order valence-corrected chi connectivity index (χ1v) is 14.2. The smallest absolute Gasteiger partial charge is 0.190 e. The highest BCUT2D eigenvalue weighted by atomic mass is 16.9. The Morgan fingerprint density at radius 3 is 1.91 bits per heavy atom. The van der Waals surface area contributed by atoms with Crippen molar-refractivity contribution in [1.29, 1.82) is 0 Å². The van der Waals surface area contributed by atoms with Crippen LogP contribution in [0.4, 0.5) is 0 Å². The van der Waals surface area contributed by atoms with Crippen LogP contribution in [0.2, 0.25) is 0 Å². The minimum absolute atomic E-state index is 0.129. The number of hydrogen-bond acceptors (Lipinski definition) is 6. The van der Waals surface area contributed by atoms with Gasteiger partial charge in [0.15, 0.2) is 17.9 Å². The Kier molecular flexibility index (Phi) is 8.31. The summed E-state index contributed by atoms with van der Waals surface area (Å²) >= 11 is 0. The van der Waals surface area contributed by atoms with Crippen LogP contribution in [0.3, 0.4) is 0 Å². The van der Waals surface area contributed by atoms with Gasteiger partial charge in [0.2, 0.25) is 0 Å². The SMILES string of the molecule is CCCCCCCCCOC[C@@H]1O[C@@H]2OC3(CCCCC3)O[C@@H]2[C@@H]2OC3(CCCCC3)O[C@H]21. The highest BCUT2D eigenvalue weighted by Gasteiger charge is 2.63. The molecule has 6 nitrogen and oxygen atoms in total. The molecule has 5 fully saturated rings. The van der Waals surface area contributed by atoms with Crippen LogP contribution in [0.5, 0.6) is 0 Å².